The molecule has 1 atom stereocenters. The number of Topliss-reactive ketones (excluding diaryl/α,β-unsaturated/α-hetero) is 1. The van der Waals surface area contributed by atoms with E-state index in [0.29, 0.717) is 6.42 Å². The maximum atomic E-state index is 11.4. The van der Waals surface area contributed by atoms with Crippen LogP contribution in [-0.2, 0) is 16.0 Å². The lowest BCUT2D eigenvalue weighted by Gasteiger charge is -2.07. The van der Waals surface area contributed by atoms with Gasteiger partial charge in [-0.2, -0.15) is 0 Å². The molecule has 1 rings (SSSR count). The maximum absolute atomic E-state index is 11.4. The van der Waals surface area contributed by atoms with E-state index in [1.165, 1.54) is 18.4 Å². The molecular weight excluding hydrogens is 188 g/mol. The van der Waals surface area contributed by atoms with Crippen LogP contribution in [0.1, 0.15) is 4.88 Å². The minimum Gasteiger partial charge on any atom is -0.383 e. The second kappa shape index (κ2) is 5.06. The molecule has 0 aliphatic rings. The van der Waals surface area contributed by atoms with Crippen molar-refractivity contribution in [3.05, 3.63) is 16.6 Å². The number of ether oxygens (including phenoxy) is 1. The van der Waals surface area contributed by atoms with Gasteiger partial charge in [0, 0.05) is 24.6 Å². The summed E-state index contributed by atoms with van der Waals surface area (Å²) in [6.07, 6.45) is 2.04. The number of thiazole rings is 1. The summed E-state index contributed by atoms with van der Waals surface area (Å²) in [4.78, 5) is 16.2. The average Bonchev–Trinajstić information content (AvgIpc) is 2.57. The van der Waals surface area contributed by atoms with E-state index in [4.69, 9.17) is 10.5 Å². The fraction of sp³-hybridized carbons (Fsp3) is 0.500. The molecule has 4 nitrogen and oxygen atoms in total. The molecule has 0 radical (unpaired) electrons. The van der Waals surface area contributed by atoms with E-state index in [-0.39, 0.29) is 12.4 Å². The summed E-state index contributed by atoms with van der Waals surface area (Å²) >= 11 is 1.46. The number of nitrogens with two attached hydrogens (primary N) is 1. The average molecular weight is 200 g/mol. The third-order valence-electron chi connectivity index (χ3n) is 1.59. The number of rotatable bonds is 5. The highest BCUT2D eigenvalue weighted by Gasteiger charge is 2.13. The van der Waals surface area contributed by atoms with Gasteiger partial charge >= 0.3 is 0 Å². The highest BCUT2D eigenvalue weighted by molar-refractivity contribution is 7.09. The maximum Gasteiger partial charge on any atom is 0.157 e. The number of carbonyl (C=O) groups is 1. The first-order chi connectivity index (χ1) is 6.24. The lowest BCUT2D eigenvalue weighted by atomic mass is 10.1. The van der Waals surface area contributed by atoms with Crippen LogP contribution < -0.4 is 5.73 Å². The number of ketones is 1. The molecule has 1 unspecified atom stereocenters. The largest absolute Gasteiger partial charge is 0.383 e. The lowest BCUT2D eigenvalue weighted by Crippen LogP contribution is -2.35. The van der Waals surface area contributed by atoms with Crippen molar-refractivity contribution in [2.45, 2.75) is 12.5 Å². The Balaban J connectivity index is 2.41. The molecule has 0 saturated carbocycles. The van der Waals surface area contributed by atoms with Crippen molar-refractivity contribution < 1.29 is 9.53 Å². The predicted molar refractivity (Wildman–Crippen MR) is 50.7 cm³/mol. The summed E-state index contributed by atoms with van der Waals surface area (Å²) < 4.78 is 4.79. The van der Waals surface area contributed by atoms with Gasteiger partial charge in [0.05, 0.1) is 18.2 Å². The molecule has 0 amide bonds. The van der Waals surface area contributed by atoms with Crippen LogP contribution in [0.4, 0.5) is 0 Å². The van der Waals surface area contributed by atoms with Gasteiger partial charge in [-0.3, -0.25) is 9.78 Å². The van der Waals surface area contributed by atoms with Gasteiger partial charge in [0.25, 0.3) is 0 Å². The molecule has 0 bridgehead atoms. The Labute approximate surface area is 80.7 Å². The van der Waals surface area contributed by atoms with Crippen LogP contribution in [0.5, 0.6) is 0 Å². The van der Waals surface area contributed by atoms with E-state index in [0.717, 1.165) is 4.88 Å². The zero-order valence-electron chi connectivity index (χ0n) is 7.40. The van der Waals surface area contributed by atoms with Crippen molar-refractivity contribution in [2.75, 3.05) is 13.7 Å². The number of nitrogens with zero attached hydrogens (tertiary/aromatic N) is 1. The first-order valence-electron chi connectivity index (χ1n) is 3.88. The van der Waals surface area contributed by atoms with Crippen LogP contribution in [0.25, 0.3) is 0 Å². The summed E-state index contributed by atoms with van der Waals surface area (Å²) in [6, 6.07) is -0.521. The van der Waals surface area contributed by atoms with Gasteiger partial charge in [-0.25, -0.2) is 0 Å². The molecule has 0 aliphatic heterocycles. The topological polar surface area (TPSA) is 65.2 Å². The Bertz CT molecular complexity index is 261. The second-order valence-corrected chi connectivity index (χ2v) is 3.64. The number of methoxy groups -OCH3 is 1. The minimum absolute atomic E-state index is 0.00824. The summed E-state index contributed by atoms with van der Waals surface area (Å²) in [7, 11) is 1.53. The van der Waals surface area contributed by atoms with Gasteiger partial charge < -0.3 is 10.5 Å². The third kappa shape index (κ3) is 3.22. The Morgan fingerprint density at radius 1 is 1.85 bits per heavy atom. The van der Waals surface area contributed by atoms with Gasteiger partial charge in [-0.1, -0.05) is 0 Å². The Morgan fingerprint density at radius 3 is 3.15 bits per heavy atom. The molecular formula is C8H12N2O2S. The van der Waals surface area contributed by atoms with E-state index in [1.54, 1.807) is 11.7 Å². The number of hydrogen-bond acceptors (Lipinski definition) is 5. The van der Waals surface area contributed by atoms with Crippen LogP contribution in [0.3, 0.4) is 0 Å². The van der Waals surface area contributed by atoms with E-state index in [1.807, 2.05) is 0 Å². The smallest absolute Gasteiger partial charge is 0.157 e. The zero-order valence-corrected chi connectivity index (χ0v) is 8.21. The van der Waals surface area contributed by atoms with Crippen molar-refractivity contribution in [1.29, 1.82) is 0 Å². The van der Waals surface area contributed by atoms with Gasteiger partial charge in [-0.15, -0.1) is 11.3 Å². The quantitative estimate of drug-likeness (QED) is 0.739. The van der Waals surface area contributed by atoms with Crippen LogP contribution >= 0.6 is 11.3 Å². The van der Waals surface area contributed by atoms with Gasteiger partial charge in [0.15, 0.2) is 5.78 Å². The van der Waals surface area contributed by atoms with E-state index < -0.39 is 6.04 Å². The SMILES string of the molecule is COCC(N)C(=O)Cc1cncs1. The van der Waals surface area contributed by atoms with Crippen molar-refractivity contribution in [3.63, 3.8) is 0 Å². The standard InChI is InChI=1S/C8H12N2O2S/c1-12-4-7(9)8(11)2-6-3-10-5-13-6/h3,5,7H,2,4,9H2,1H3. The van der Waals surface area contributed by atoms with Crippen LogP contribution in [0.15, 0.2) is 11.7 Å². The number of carbonyl (C=O) groups excluding carboxylic acids is 1. The molecule has 72 valence electrons. The molecule has 0 aliphatic carbocycles. The predicted octanol–water partition coefficient (Wildman–Crippen LogP) is 0.228. The highest BCUT2D eigenvalue weighted by Crippen LogP contribution is 2.07. The van der Waals surface area contributed by atoms with Crippen LogP contribution in [0.2, 0.25) is 0 Å². The normalized spacial score (nSPS) is 12.8. The molecule has 5 heteroatoms. The Kier molecular flexibility index (Phi) is 4.01. The summed E-state index contributed by atoms with van der Waals surface area (Å²) in [6.45, 7) is 0.275. The first kappa shape index (κ1) is 10.3. The fourth-order valence-corrected chi connectivity index (χ4v) is 1.51. The molecule has 0 fully saturated rings. The molecule has 13 heavy (non-hydrogen) atoms. The summed E-state index contributed by atoms with van der Waals surface area (Å²) in [5.74, 6) is -0.00824. The number of aromatic nitrogens is 1. The lowest BCUT2D eigenvalue weighted by molar-refractivity contribution is -0.120. The molecule has 0 saturated heterocycles. The van der Waals surface area contributed by atoms with Crippen LogP contribution in [0, 0.1) is 0 Å². The van der Waals surface area contributed by atoms with Crippen LogP contribution in [-0.4, -0.2) is 30.5 Å². The first-order valence-corrected chi connectivity index (χ1v) is 4.76. The second-order valence-electron chi connectivity index (χ2n) is 2.67. The van der Waals surface area contributed by atoms with E-state index in [2.05, 4.69) is 4.98 Å². The van der Waals surface area contributed by atoms with Gasteiger partial charge in [0.1, 0.15) is 0 Å². The third-order valence-corrected chi connectivity index (χ3v) is 2.37. The van der Waals surface area contributed by atoms with Crippen molar-refractivity contribution >= 4 is 17.1 Å². The molecule has 2 N–H and O–H groups in total. The molecule has 0 aromatic carbocycles. The molecule has 0 spiro atoms. The zero-order chi connectivity index (χ0) is 9.68. The van der Waals surface area contributed by atoms with Crippen molar-refractivity contribution in [3.8, 4) is 0 Å². The summed E-state index contributed by atoms with van der Waals surface area (Å²) in [5, 5.41) is 0. The van der Waals surface area contributed by atoms with E-state index in [9.17, 15) is 4.79 Å². The highest BCUT2D eigenvalue weighted by atomic mass is 32.1. The van der Waals surface area contributed by atoms with Gasteiger partial charge in [-0.05, 0) is 0 Å². The number of hydrogen-bond donors (Lipinski definition) is 1. The molecule has 1 aromatic heterocycles. The summed E-state index contributed by atoms with van der Waals surface area (Å²) in [5.41, 5.74) is 7.25. The van der Waals surface area contributed by atoms with Crippen molar-refractivity contribution in [1.82, 2.24) is 4.98 Å². The van der Waals surface area contributed by atoms with E-state index >= 15 is 0 Å². The minimum atomic E-state index is -0.521. The van der Waals surface area contributed by atoms with Gasteiger partial charge in [0.2, 0.25) is 0 Å². The Hall–Kier alpha value is -0.780. The monoisotopic (exact) mass is 200 g/mol. The fourth-order valence-electron chi connectivity index (χ4n) is 0.905. The molecule has 1 heterocycles. The van der Waals surface area contributed by atoms with Crippen molar-refractivity contribution in [2.24, 2.45) is 5.73 Å². The Morgan fingerprint density at radius 2 is 2.62 bits per heavy atom. The molecule has 1 aromatic rings.